The van der Waals surface area contributed by atoms with Crippen LogP contribution in [0.3, 0.4) is 0 Å². The van der Waals surface area contributed by atoms with Crippen LogP contribution >= 0.6 is 24.0 Å². The SMILES string of the molecule is I.NC(=NCc1ccc2cc[nH]c2n1)N1CCCCCC1. The number of rotatable bonds is 2. The molecule has 3 N–H and O–H groups in total. The standard InChI is InChI=1S/C15H21N5.HI/c16-15(20-9-3-1-2-4-10-20)18-11-13-6-5-12-7-8-17-14(12)19-13;/h5-8H,1-4,9-11H2,(H2,16,18)(H,17,19);1H. The van der Waals surface area contributed by atoms with E-state index in [9.17, 15) is 0 Å². The zero-order valence-corrected chi connectivity index (χ0v) is 14.4. The highest BCUT2D eigenvalue weighted by molar-refractivity contribution is 14.0. The number of halogens is 1. The molecule has 2 aromatic heterocycles. The van der Waals surface area contributed by atoms with Gasteiger partial charge in [-0.05, 0) is 31.0 Å². The molecule has 0 unspecified atom stereocenters. The minimum absolute atomic E-state index is 0. The number of H-pyrrole nitrogens is 1. The molecular formula is C15H22IN5. The minimum Gasteiger partial charge on any atom is -0.370 e. The van der Waals surface area contributed by atoms with Crippen LogP contribution in [0.15, 0.2) is 29.4 Å². The fourth-order valence-electron chi connectivity index (χ4n) is 2.62. The third-order valence-corrected chi connectivity index (χ3v) is 3.80. The highest BCUT2D eigenvalue weighted by atomic mass is 127. The van der Waals surface area contributed by atoms with E-state index >= 15 is 0 Å². The second-order valence-corrected chi connectivity index (χ2v) is 5.29. The zero-order chi connectivity index (χ0) is 13.8. The Morgan fingerprint density at radius 3 is 2.71 bits per heavy atom. The fourth-order valence-corrected chi connectivity index (χ4v) is 2.62. The molecule has 0 atom stereocenters. The molecule has 1 aliphatic rings. The molecule has 0 spiro atoms. The lowest BCUT2D eigenvalue weighted by atomic mass is 10.2. The number of nitrogens with zero attached hydrogens (tertiary/aromatic N) is 3. The average molecular weight is 399 g/mol. The molecule has 0 aliphatic carbocycles. The maximum atomic E-state index is 6.10. The highest BCUT2D eigenvalue weighted by Gasteiger charge is 2.10. The van der Waals surface area contributed by atoms with Crippen molar-refractivity contribution in [2.24, 2.45) is 10.7 Å². The van der Waals surface area contributed by atoms with Crippen LogP contribution in [0.25, 0.3) is 11.0 Å². The van der Waals surface area contributed by atoms with E-state index in [0.29, 0.717) is 12.5 Å². The predicted octanol–water partition coefficient (Wildman–Crippen LogP) is 2.87. The molecule has 2 aromatic rings. The molecule has 3 heterocycles. The van der Waals surface area contributed by atoms with Crippen molar-refractivity contribution in [3.05, 3.63) is 30.1 Å². The first-order valence-corrected chi connectivity index (χ1v) is 7.31. The number of likely N-dealkylation sites (tertiary alicyclic amines) is 1. The molecule has 0 radical (unpaired) electrons. The maximum Gasteiger partial charge on any atom is 0.191 e. The summed E-state index contributed by atoms with van der Waals surface area (Å²) in [6.07, 6.45) is 6.92. The summed E-state index contributed by atoms with van der Waals surface area (Å²) in [7, 11) is 0. The van der Waals surface area contributed by atoms with Gasteiger partial charge in [-0.3, -0.25) is 0 Å². The van der Waals surface area contributed by atoms with E-state index in [1.165, 1.54) is 25.7 Å². The van der Waals surface area contributed by atoms with E-state index in [1.54, 1.807) is 0 Å². The van der Waals surface area contributed by atoms with Crippen molar-refractivity contribution in [2.45, 2.75) is 32.2 Å². The van der Waals surface area contributed by atoms with Crippen molar-refractivity contribution in [3.8, 4) is 0 Å². The van der Waals surface area contributed by atoms with Gasteiger partial charge in [0.25, 0.3) is 0 Å². The Labute approximate surface area is 142 Å². The van der Waals surface area contributed by atoms with Crippen LogP contribution in [0.4, 0.5) is 0 Å². The summed E-state index contributed by atoms with van der Waals surface area (Å²) in [6, 6.07) is 6.09. The Bertz CT molecular complexity index is 599. The molecule has 3 rings (SSSR count). The number of hydrogen-bond acceptors (Lipinski definition) is 2. The van der Waals surface area contributed by atoms with E-state index in [4.69, 9.17) is 5.73 Å². The Morgan fingerprint density at radius 1 is 1.19 bits per heavy atom. The van der Waals surface area contributed by atoms with Gasteiger partial charge in [-0.1, -0.05) is 12.8 Å². The molecule has 1 fully saturated rings. The van der Waals surface area contributed by atoms with Gasteiger partial charge in [-0.2, -0.15) is 0 Å². The van der Waals surface area contributed by atoms with Gasteiger partial charge in [-0.15, -0.1) is 24.0 Å². The molecule has 21 heavy (non-hydrogen) atoms. The van der Waals surface area contributed by atoms with E-state index in [1.807, 2.05) is 18.3 Å². The van der Waals surface area contributed by atoms with Gasteiger partial charge in [0, 0.05) is 24.7 Å². The largest absolute Gasteiger partial charge is 0.370 e. The van der Waals surface area contributed by atoms with E-state index < -0.39 is 0 Å². The quantitative estimate of drug-likeness (QED) is 0.464. The van der Waals surface area contributed by atoms with Crippen molar-refractivity contribution in [1.82, 2.24) is 14.9 Å². The smallest absolute Gasteiger partial charge is 0.191 e. The van der Waals surface area contributed by atoms with Gasteiger partial charge >= 0.3 is 0 Å². The maximum absolute atomic E-state index is 6.10. The molecule has 114 valence electrons. The zero-order valence-electron chi connectivity index (χ0n) is 12.1. The fraction of sp³-hybridized carbons (Fsp3) is 0.467. The number of aliphatic imine (C=N–C) groups is 1. The number of fused-ring (bicyclic) bond motifs is 1. The Balaban J connectivity index is 0.00000161. The second-order valence-electron chi connectivity index (χ2n) is 5.29. The van der Waals surface area contributed by atoms with Crippen molar-refractivity contribution < 1.29 is 0 Å². The van der Waals surface area contributed by atoms with Crippen molar-refractivity contribution in [1.29, 1.82) is 0 Å². The summed E-state index contributed by atoms with van der Waals surface area (Å²) in [5.74, 6) is 0.653. The minimum atomic E-state index is 0. The van der Waals surface area contributed by atoms with Gasteiger partial charge < -0.3 is 15.6 Å². The summed E-state index contributed by atoms with van der Waals surface area (Å²) in [4.78, 5) is 14.3. The topological polar surface area (TPSA) is 70.3 Å². The number of hydrogen-bond donors (Lipinski definition) is 2. The third kappa shape index (κ3) is 4.09. The highest BCUT2D eigenvalue weighted by Crippen LogP contribution is 2.12. The summed E-state index contributed by atoms with van der Waals surface area (Å²) >= 11 is 0. The Kier molecular flexibility index (Phi) is 5.84. The van der Waals surface area contributed by atoms with Crippen molar-refractivity contribution >= 4 is 41.0 Å². The van der Waals surface area contributed by atoms with Crippen LogP contribution in [0, 0.1) is 0 Å². The second kappa shape index (κ2) is 7.63. The number of guanidine groups is 1. The predicted molar refractivity (Wildman–Crippen MR) is 96.9 cm³/mol. The molecule has 6 heteroatoms. The van der Waals surface area contributed by atoms with Gasteiger partial charge in [0.15, 0.2) is 5.96 Å². The Hall–Kier alpha value is -1.31. The van der Waals surface area contributed by atoms with E-state index in [-0.39, 0.29) is 24.0 Å². The van der Waals surface area contributed by atoms with Gasteiger partial charge in [0.1, 0.15) is 5.65 Å². The normalized spacial score (nSPS) is 16.6. The number of pyridine rings is 1. The number of nitrogens with one attached hydrogen (secondary N) is 1. The van der Waals surface area contributed by atoms with Crippen LogP contribution in [0.1, 0.15) is 31.4 Å². The first-order valence-electron chi connectivity index (χ1n) is 7.31. The van der Waals surface area contributed by atoms with Crippen LogP contribution < -0.4 is 5.73 Å². The molecule has 0 bridgehead atoms. The third-order valence-electron chi connectivity index (χ3n) is 3.80. The number of nitrogens with two attached hydrogens (primary N) is 1. The molecule has 1 aliphatic heterocycles. The Morgan fingerprint density at radius 2 is 1.95 bits per heavy atom. The first kappa shape index (κ1) is 16.1. The lowest BCUT2D eigenvalue weighted by Crippen LogP contribution is -2.38. The van der Waals surface area contributed by atoms with Gasteiger partial charge in [0.2, 0.25) is 0 Å². The van der Waals surface area contributed by atoms with Crippen LogP contribution in [-0.4, -0.2) is 33.9 Å². The lowest BCUT2D eigenvalue weighted by Gasteiger charge is -2.20. The summed E-state index contributed by atoms with van der Waals surface area (Å²) in [5, 5.41) is 1.12. The first-order chi connectivity index (χ1) is 9.83. The molecule has 5 nitrogen and oxygen atoms in total. The van der Waals surface area contributed by atoms with Crippen LogP contribution in [0.2, 0.25) is 0 Å². The average Bonchev–Trinajstić information content (AvgIpc) is 2.76. The lowest BCUT2D eigenvalue weighted by molar-refractivity contribution is 0.428. The number of aromatic amines is 1. The summed E-state index contributed by atoms with van der Waals surface area (Å²) in [6.45, 7) is 2.59. The van der Waals surface area contributed by atoms with Crippen molar-refractivity contribution in [3.63, 3.8) is 0 Å². The molecule has 0 aromatic carbocycles. The molecule has 0 saturated carbocycles. The summed E-state index contributed by atoms with van der Waals surface area (Å²) in [5.41, 5.74) is 7.95. The monoisotopic (exact) mass is 399 g/mol. The molecule has 1 saturated heterocycles. The number of aromatic nitrogens is 2. The van der Waals surface area contributed by atoms with E-state index in [2.05, 4.69) is 25.9 Å². The van der Waals surface area contributed by atoms with Gasteiger partial charge in [-0.25, -0.2) is 9.98 Å². The van der Waals surface area contributed by atoms with Gasteiger partial charge in [0.05, 0.1) is 12.2 Å². The van der Waals surface area contributed by atoms with Crippen LogP contribution in [0.5, 0.6) is 0 Å². The van der Waals surface area contributed by atoms with Crippen molar-refractivity contribution in [2.75, 3.05) is 13.1 Å². The van der Waals surface area contributed by atoms with Crippen LogP contribution in [-0.2, 0) is 6.54 Å². The van der Waals surface area contributed by atoms with E-state index in [0.717, 1.165) is 29.8 Å². The molecule has 0 amide bonds. The summed E-state index contributed by atoms with van der Waals surface area (Å²) < 4.78 is 0. The molecular weight excluding hydrogens is 377 g/mol.